The summed E-state index contributed by atoms with van der Waals surface area (Å²) in [6, 6.07) is 0. The van der Waals surface area contributed by atoms with Crippen LogP contribution in [0.1, 0.15) is 6.42 Å². The predicted molar refractivity (Wildman–Crippen MR) is 32.4 cm³/mol. The van der Waals surface area contributed by atoms with Crippen molar-refractivity contribution in [2.24, 2.45) is 11.0 Å². The van der Waals surface area contributed by atoms with E-state index in [2.05, 4.69) is 10.5 Å². The van der Waals surface area contributed by atoms with Crippen LogP contribution in [0.25, 0.3) is 0 Å². The van der Waals surface area contributed by atoms with Crippen LogP contribution in [0.5, 0.6) is 0 Å². The molecule has 0 aromatic heterocycles. The minimum atomic E-state index is -1.11. The molecule has 0 aromatic carbocycles. The van der Waals surface area contributed by atoms with Crippen molar-refractivity contribution in [1.29, 1.82) is 0 Å². The molecule has 1 aliphatic heterocycles. The maximum absolute atomic E-state index is 10.6. The number of hydrogen-bond donors (Lipinski definition) is 2. The van der Waals surface area contributed by atoms with Crippen LogP contribution < -0.4 is 5.43 Å². The highest BCUT2D eigenvalue weighted by atomic mass is 16.4. The van der Waals surface area contributed by atoms with E-state index >= 15 is 0 Å². The maximum atomic E-state index is 10.6. The molecular formula is C5H6N2O3. The molecule has 2 N–H and O–H groups in total. The lowest BCUT2D eigenvalue weighted by Gasteiger charge is -2.10. The standard InChI is InChI=1S/C5H6N2O3/c8-4-3(5(9)10)1-2-6-7-4/h2-3H,1H2,(H,7,8)(H,9,10). The zero-order valence-electron chi connectivity index (χ0n) is 5.07. The van der Waals surface area contributed by atoms with E-state index in [9.17, 15) is 9.59 Å². The van der Waals surface area contributed by atoms with Gasteiger partial charge in [0.1, 0.15) is 5.92 Å². The van der Waals surface area contributed by atoms with Crippen molar-refractivity contribution in [2.75, 3.05) is 0 Å². The van der Waals surface area contributed by atoms with Crippen LogP contribution in [0.4, 0.5) is 0 Å². The first-order chi connectivity index (χ1) is 4.72. The Balaban J connectivity index is 2.68. The van der Waals surface area contributed by atoms with Crippen LogP contribution in [-0.4, -0.2) is 23.2 Å². The van der Waals surface area contributed by atoms with Gasteiger partial charge in [0.15, 0.2) is 0 Å². The van der Waals surface area contributed by atoms with E-state index in [1.54, 1.807) is 0 Å². The van der Waals surface area contributed by atoms with E-state index in [0.717, 1.165) is 0 Å². The first kappa shape index (κ1) is 6.73. The van der Waals surface area contributed by atoms with Gasteiger partial charge in [0.2, 0.25) is 0 Å². The lowest BCUT2D eigenvalue weighted by Crippen LogP contribution is -2.35. The summed E-state index contributed by atoms with van der Waals surface area (Å²) in [7, 11) is 0. The van der Waals surface area contributed by atoms with Crippen molar-refractivity contribution in [2.45, 2.75) is 6.42 Å². The maximum Gasteiger partial charge on any atom is 0.316 e. The highest BCUT2D eigenvalue weighted by Gasteiger charge is 2.26. The largest absolute Gasteiger partial charge is 0.481 e. The number of carbonyl (C=O) groups is 2. The number of hydrazone groups is 1. The molecule has 1 amide bonds. The number of nitrogens with one attached hydrogen (secondary N) is 1. The normalized spacial score (nSPS) is 24.0. The van der Waals surface area contributed by atoms with Gasteiger partial charge in [-0.15, -0.1) is 0 Å². The Morgan fingerprint density at radius 3 is 3.00 bits per heavy atom. The Labute approximate surface area is 56.7 Å². The van der Waals surface area contributed by atoms with Gasteiger partial charge in [0.05, 0.1) is 0 Å². The number of amides is 1. The second-order valence-electron chi connectivity index (χ2n) is 1.91. The average Bonchev–Trinajstić information content (AvgIpc) is 1.88. The number of aliphatic carboxylic acids is 1. The first-order valence-corrected chi connectivity index (χ1v) is 2.76. The molecule has 1 heterocycles. The molecule has 1 atom stereocenters. The zero-order valence-corrected chi connectivity index (χ0v) is 5.07. The Hall–Kier alpha value is -1.39. The second-order valence-corrected chi connectivity index (χ2v) is 1.91. The summed E-state index contributed by atoms with van der Waals surface area (Å²) in [6.45, 7) is 0. The van der Waals surface area contributed by atoms with Gasteiger partial charge in [-0.05, 0) is 0 Å². The fourth-order valence-corrected chi connectivity index (χ4v) is 0.665. The van der Waals surface area contributed by atoms with Crippen molar-refractivity contribution < 1.29 is 14.7 Å². The van der Waals surface area contributed by atoms with Gasteiger partial charge in [-0.1, -0.05) is 0 Å². The van der Waals surface area contributed by atoms with Gasteiger partial charge in [-0.25, -0.2) is 5.43 Å². The summed E-state index contributed by atoms with van der Waals surface area (Å²) in [4.78, 5) is 20.9. The molecule has 5 nitrogen and oxygen atoms in total. The summed E-state index contributed by atoms with van der Waals surface area (Å²) in [5, 5.41) is 11.8. The van der Waals surface area contributed by atoms with Crippen molar-refractivity contribution in [3.05, 3.63) is 0 Å². The zero-order chi connectivity index (χ0) is 7.56. The van der Waals surface area contributed by atoms with E-state index in [-0.39, 0.29) is 6.42 Å². The lowest BCUT2D eigenvalue weighted by atomic mass is 10.1. The molecule has 0 saturated carbocycles. The molecule has 0 aromatic rings. The predicted octanol–water partition coefficient (Wildman–Crippen LogP) is -0.807. The van der Waals surface area contributed by atoms with Crippen LogP contribution in [0.3, 0.4) is 0 Å². The second kappa shape index (κ2) is 2.47. The van der Waals surface area contributed by atoms with E-state index in [1.165, 1.54) is 6.21 Å². The number of nitrogens with zero attached hydrogens (tertiary/aromatic N) is 1. The minimum Gasteiger partial charge on any atom is -0.481 e. The molecule has 10 heavy (non-hydrogen) atoms. The summed E-state index contributed by atoms with van der Waals surface area (Å²) < 4.78 is 0. The molecule has 0 saturated heterocycles. The third-order valence-corrected chi connectivity index (χ3v) is 1.22. The van der Waals surface area contributed by atoms with Crippen molar-refractivity contribution in [3.63, 3.8) is 0 Å². The topological polar surface area (TPSA) is 78.8 Å². The number of hydrogen-bond acceptors (Lipinski definition) is 3. The van der Waals surface area contributed by atoms with Gasteiger partial charge in [-0.2, -0.15) is 5.10 Å². The fourth-order valence-electron chi connectivity index (χ4n) is 0.665. The van der Waals surface area contributed by atoms with E-state index in [1.807, 2.05) is 0 Å². The van der Waals surface area contributed by atoms with Crippen molar-refractivity contribution in [3.8, 4) is 0 Å². The molecule has 0 spiro atoms. The van der Waals surface area contributed by atoms with Crippen LogP contribution >= 0.6 is 0 Å². The molecule has 1 rings (SSSR count). The summed E-state index contributed by atoms with van der Waals surface area (Å²) >= 11 is 0. The smallest absolute Gasteiger partial charge is 0.316 e. The SMILES string of the molecule is O=C(O)C1CC=NNC1=O. The molecule has 0 radical (unpaired) electrons. The molecule has 0 fully saturated rings. The Morgan fingerprint density at radius 1 is 1.90 bits per heavy atom. The van der Waals surface area contributed by atoms with Gasteiger partial charge in [-0.3, -0.25) is 9.59 Å². The Morgan fingerprint density at radius 2 is 2.60 bits per heavy atom. The lowest BCUT2D eigenvalue weighted by molar-refractivity contribution is -0.146. The third-order valence-electron chi connectivity index (χ3n) is 1.22. The summed E-state index contributed by atoms with van der Waals surface area (Å²) in [5.41, 5.74) is 2.06. The number of carbonyl (C=O) groups excluding carboxylic acids is 1. The molecule has 0 bridgehead atoms. The highest BCUT2D eigenvalue weighted by molar-refractivity contribution is 6.00. The number of carboxylic acids is 1. The van der Waals surface area contributed by atoms with Gasteiger partial charge in [0, 0.05) is 12.6 Å². The molecule has 0 aliphatic carbocycles. The average molecular weight is 142 g/mol. The Bertz CT molecular complexity index is 199. The molecular weight excluding hydrogens is 136 g/mol. The van der Waals surface area contributed by atoms with Crippen LogP contribution in [0, 0.1) is 5.92 Å². The van der Waals surface area contributed by atoms with Crippen LogP contribution in [0.15, 0.2) is 5.10 Å². The van der Waals surface area contributed by atoms with Gasteiger partial charge >= 0.3 is 5.97 Å². The van der Waals surface area contributed by atoms with E-state index < -0.39 is 17.8 Å². The minimum absolute atomic E-state index is 0.182. The third kappa shape index (κ3) is 1.12. The van der Waals surface area contributed by atoms with Crippen LogP contribution in [0.2, 0.25) is 0 Å². The first-order valence-electron chi connectivity index (χ1n) is 2.76. The van der Waals surface area contributed by atoms with E-state index in [4.69, 9.17) is 5.11 Å². The fraction of sp³-hybridized carbons (Fsp3) is 0.400. The van der Waals surface area contributed by atoms with Crippen molar-refractivity contribution in [1.82, 2.24) is 5.43 Å². The number of rotatable bonds is 1. The van der Waals surface area contributed by atoms with Gasteiger partial charge in [0.25, 0.3) is 5.91 Å². The van der Waals surface area contributed by atoms with Gasteiger partial charge < -0.3 is 5.11 Å². The van der Waals surface area contributed by atoms with Crippen molar-refractivity contribution >= 4 is 18.1 Å². The monoisotopic (exact) mass is 142 g/mol. The molecule has 1 aliphatic rings. The Kier molecular flexibility index (Phi) is 1.66. The number of carboxylic acid groups (broad SMARTS) is 1. The quantitative estimate of drug-likeness (QED) is 0.470. The molecule has 1 unspecified atom stereocenters. The van der Waals surface area contributed by atoms with Crippen LogP contribution in [-0.2, 0) is 9.59 Å². The molecule has 5 heteroatoms. The van der Waals surface area contributed by atoms with E-state index in [0.29, 0.717) is 0 Å². The summed E-state index contributed by atoms with van der Waals surface area (Å²) in [6.07, 6.45) is 1.56. The summed E-state index contributed by atoms with van der Waals surface area (Å²) in [5.74, 6) is -2.61. The molecule has 54 valence electrons. The highest BCUT2D eigenvalue weighted by Crippen LogP contribution is 2.04.